The molecule has 0 amide bonds. The van der Waals surface area contributed by atoms with Crippen molar-refractivity contribution in [3.63, 3.8) is 0 Å². The average molecular weight is 556 g/mol. The van der Waals surface area contributed by atoms with Crippen LogP contribution in [-0.2, 0) is 10.1 Å². The van der Waals surface area contributed by atoms with E-state index in [0.29, 0.717) is 6.61 Å². The third-order valence-electron chi connectivity index (χ3n) is 3.46. The molecule has 0 fully saturated rings. The van der Waals surface area contributed by atoms with Crippen molar-refractivity contribution < 1.29 is 35.6 Å². The first-order valence-electron chi connectivity index (χ1n) is 9.41. The topological polar surface area (TPSA) is 72.8 Å². The van der Waals surface area contributed by atoms with Crippen molar-refractivity contribution in [1.29, 1.82) is 0 Å². The van der Waals surface area contributed by atoms with Gasteiger partial charge in [-0.2, -0.15) is 39.8 Å². The van der Waals surface area contributed by atoms with E-state index in [9.17, 15) is 13.2 Å². The summed E-state index contributed by atoms with van der Waals surface area (Å²) in [5.74, 6) is 1.81. The summed E-state index contributed by atoms with van der Waals surface area (Å²) in [6.45, 7) is 5.37. The smallest absolute Gasteiger partial charge is 0.519 e. The van der Waals surface area contributed by atoms with Crippen LogP contribution in [-0.4, -0.2) is 77.2 Å². The van der Waals surface area contributed by atoms with E-state index >= 15 is 0 Å². The quantitative estimate of drug-likeness (QED) is 0.196. The van der Waals surface area contributed by atoms with Gasteiger partial charge < -0.3 is 9.47 Å². The molecule has 0 spiro atoms. The van der Waals surface area contributed by atoms with Crippen LogP contribution in [0.25, 0.3) is 11.1 Å². The fourth-order valence-corrected chi connectivity index (χ4v) is 2.12. The number of rotatable bonds is 5. The molecule has 0 aromatic heterocycles. The van der Waals surface area contributed by atoms with Crippen molar-refractivity contribution in [1.82, 2.24) is 0 Å². The fourth-order valence-electron chi connectivity index (χ4n) is 2.12. The molecule has 10 heteroatoms. The van der Waals surface area contributed by atoms with Crippen molar-refractivity contribution in [2.24, 2.45) is 0 Å². The van der Waals surface area contributed by atoms with Crippen molar-refractivity contribution in [2.75, 3.05) is 13.2 Å². The van der Waals surface area contributed by atoms with Gasteiger partial charge in [0.05, 0.1) is 13.2 Å². The number of benzene rings is 3. The molecule has 0 saturated carbocycles. The third kappa shape index (κ3) is 13.0. The van der Waals surface area contributed by atoms with Gasteiger partial charge in [-0.1, -0.05) is 35.9 Å². The Hall–Kier alpha value is -1.56. The summed E-state index contributed by atoms with van der Waals surface area (Å²) in [7, 11) is -5.84. The van der Waals surface area contributed by atoms with Crippen LogP contribution in [0, 0.1) is 12.1 Å². The van der Waals surface area contributed by atoms with Crippen LogP contribution in [0.15, 0.2) is 72.8 Å². The standard InChI is InChI=1S/C14H13O.C8H9O.CHF3O3S.Sr/c1-2-15-14-10-6-9-13(11-14)12-7-4-3-5-8-12;1-2-9-8-6-4-3-5-7-8;2-1(3,4)8(5,6)7;/h3-8,10-11H,2H2,1H3;4-7H,2H2,1H3;(H,5,6,7);/q2*-1;;+2. The van der Waals surface area contributed by atoms with E-state index < -0.39 is 15.6 Å². The number of hydrogen-bond acceptors (Lipinski definition) is 4. The Balaban J connectivity index is 0.000000494. The Bertz CT molecular complexity index is 1020. The van der Waals surface area contributed by atoms with Gasteiger partial charge in [-0.25, -0.2) is 0 Å². The maximum absolute atomic E-state index is 10.7. The van der Waals surface area contributed by atoms with E-state index in [1.165, 1.54) is 5.56 Å². The zero-order chi connectivity index (χ0) is 24.0. The second-order valence-corrected chi connectivity index (χ2v) is 7.24. The second kappa shape index (κ2) is 16.1. The summed E-state index contributed by atoms with van der Waals surface area (Å²) < 4.78 is 68.2. The zero-order valence-corrected chi connectivity index (χ0v) is 22.5. The van der Waals surface area contributed by atoms with E-state index in [1.54, 1.807) is 0 Å². The molecule has 5 nitrogen and oxygen atoms in total. The molecule has 3 rings (SSSR count). The minimum Gasteiger partial charge on any atom is -0.519 e. The molecule has 174 valence electrons. The molecule has 0 bridgehead atoms. The van der Waals surface area contributed by atoms with Crippen LogP contribution in [0.4, 0.5) is 13.2 Å². The van der Waals surface area contributed by atoms with Crippen LogP contribution in [0.5, 0.6) is 11.5 Å². The monoisotopic (exact) mass is 556 g/mol. The third-order valence-corrected chi connectivity index (χ3v) is 4.04. The fraction of sp³-hybridized carbons (Fsp3) is 0.217. The summed E-state index contributed by atoms with van der Waals surface area (Å²) in [4.78, 5) is 0. The summed E-state index contributed by atoms with van der Waals surface area (Å²) >= 11 is 0. The van der Waals surface area contributed by atoms with E-state index in [0.717, 1.165) is 23.7 Å². The van der Waals surface area contributed by atoms with Gasteiger partial charge in [0.2, 0.25) is 0 Å². The van der Waals surface area contributed by atoms with Crippen molar-refractivity contribution in [3.05, 3.63) is 84.9 Å². The Kier molecular flexibility index (Phi) is 15.4. The molecule has 3 aromatic carbocycles. The molecular formula is C23H23F3O5SSr. The molecule has 0 unspecified atom stereocenters. The van der Waals surface area contributed by atoms with Gasteiger partial charge in [-0.3, -0.25) is 4.55 Å². The number of halogens is 3. The van der Waals surface area contributed by atoms with Crippen molar-refractivity contribution in [3.8, 4) is 22.6 Å². The van der Waals surface area contributed by atoms with Gasteiger partial charge in [-0.15, -0.1) is 42.0 Å². The Morgan fingerprint density at radius 2 is 1.36 bits per heavy atom. The van der Waals surface area contributed by atoms with Gasteiger partial charge in [0.15, 0.2) is 0 Å². The SMILES string of the molecule is CCOc1cc[c-]c(-c2ccccc2)c1.CCOc1cc[c-]cc1.O=S(=O)(O)C(F)(F)F.[Sr+2]. The molecular weight excluding hydrogens is 533 g/mol. The molecule has 0 aliphatic heterocycles. The molecule has 33 heavy (non-hydrogen) atoms. The first-order chi connectivity index (χ1) is 15.1. The predicted molar refractivity (Wildman–Crippen MR) is 122 cm³/mol. The molecule has 0 aliphatic carbocycles. The van der Waals surface area contributed by atoms with Crippen LogP contribution >= 0.6 is 0 Å². The molecule has 0 saturated heterocycles. The van der Waals surface area contributed by atoms with Gasteiger partial charge in [0.1, 0.15) is 0 Å². The Morgan fingerprint density at radius 3 is 1.85 bits per heavy atom. The summed E-state index contributed by atoms with van der Waals surface area (Å²) in [6, 6.07) is 29.6. The average Bonchev–Trinajstić information content (AvgIpc) is 2.75. The summed E-state index contributed by atoms with van der Waals surface area (Å²) in [5, 5.41) is 0. The summed E-state index contributed by atoms with van der Waals surface area (Å²) in [5.41, 5.74) is -3.30. The largest absolute Gasteiger partial charge is 2.00 e. The first-order valence-corrected chi connectivity index (χ1v) is 10.8. The van der Waals surface area contributed by atoms with Gasteiger partial charge in [0.25, 0.3) is 0 Å². The molecule has 0 atom stereocenters. The maximum atomic E-state index is 10.7. The zero-order valence-electron chi connectivity index (χ0n) is 18.2. The van der Waals surface area contributed by atoms with Crippen LogP contribution < -0.4 is 9.47 Å². The van der Waals surface area contributed by atoms with Gasteiger partial charge in [-0.05, 0) is 13.8 Å². The molecule has 0 aliphatic rings. The van der Waals surface area contributed by atoms with E-state index in [4.69, 9.17) is 22.4 Å². The number of alkyl halides is 3. The van der Waals surface area contributed by atoms with E-state index in [1.807, 2.05) is 74.5 Å². The van der Waals surface area contributed by atoms with Crippen LogP contribution in [0.3, 0.4) is 0 Å². The van der Waals surface area contributed by atoms with Crippen LogP contribution in [0.1, 0.15) is 13.8 Å². The molecule has 0 radical (unpaired) electrons. The van der Waals surface area contributed by atoms with Gasteiger partial charge >= 0.3 is 61.1 Å². The number of hydrogen-bond donors (Lipinski definition) is 1. The Labute approximate surface area is 229 Å². The second-order valence-electron chi connectivity index (χ2n) is 5.83. The molecule has 0 heterocycles. The van der Waals surface area contributed by atoms with Crippen LogP contribution in [0.2, 0.25) is 0 Å². The molecule has 1 N–H and O–H groups in total. The maximum Gasteiger partial charge on any atom is 2.00 e. The predicted octanol–water partition coefficient (Wildman–Crippen LogP) is 5.45. The minimum atomic E-state index is -5.84. The Morgan fingerprint density at radius 1 is 0.879 bits per heavy atom. The minimum absolute atomic E-state index is 0. The van der Waals surface area contributed by atoms with E-state index in [2.05, 4.69) is 24.3 Å². The molecule has 3 aromatic rings. The van der Waals surface area contributed by atoms with Gasteiger partial charge in [0, 0.05) is 11.5 Å². The summed E-state index contributed by atoms with van der Waals surface area (Å²) in [6.07, 6.45) is 0. The van der Waals surface area contributed by atoms with Crippen molar-refractivity contribution in [2.45, 2.75) is 19.4 Å². The number of ether oxygens (including phenoxy) is 2. The normalized spacial score (nSPS) is 10.4. The first kappa shape index (κ1) is 31.4. The van der Waals surface area contributed by atoms with Crippen molar-refractivity contribution >= 4 is 55.6 Å². The van der Waals surface area contributed by atoms with E-state index in [-0.39, 0.29) is 45.5 Å².